The van der Waals surface area contributed by atoms with Gasteiger partial charge in [0.15, 0.2) is 0 Å². The molecule has 0 saturated carbocycles. The van der Waals surface area contributed by atoms with E-state index in [4.69, 9.17) is 10.5 Å². The summed E-state index contributed by atoms with van der Waals surface area (Å²) >= 11 is 1.82. The van der Waals surface area contributed by atoms with Crippen LogP contribution < -0.4 is 16.4 Å². The lowest BCUT2D eigenvalue weighted by atomic mass is 10.0. The summed E-state index contributed by atoms with van der Waals surface area (Å²) in [4.78, 5) is 20.3. The third-order valence-corrected chi connectivity index (χ3v) is 9.02. The average molecular weight is 592 g/mol. The first kappa shape index (κ1) is 30.7. The normalized spacial score (nSPS) is 19.8. The fourth-order valence-corrected chi connectivity index (χ4v) is 6.58. The molecule has 0 radical (unpaired) electrons. The zero-order valence-electron chi connectivity index (χ0n) is 25.4. The quantitative estimate of drug-likeness (QED) is 0.248. The first-order valence-corrected chi connectivity index (χ1v) is 15.7. The SMILES string of the molecule is Cc1ccc(NC2CN(C(O)OC(C)(C)C)C2)cc1C(=O)N[C@H](C)c1cccc(-c2ccc(CN3CC[C@H](N)C3)s2)c1. The number of ether oxygens (including phenoxy) is 1. The predicted octanol–water partition coefficient (Wildman–Crippen LogP) is 4.93. The van der Waals surface area contributed by atoms with E-state index in [9.17, 15) is 9.90 Å². The number of aliphatic hydroxyl groups is 1. The standard InChI is InChI=1S/C33H45N5O3S/c1-21-9-10-26(36-27-18-38(19-27)32(40)41-33(3,4)5)16-29(21)31(39)35-22(2)23-7-6-8-24(15-23)30-12-11-28(42-30)20-37-14-13-25(34)17-37/h6-12,15-16,22,25,27,32,36,40H,13-14,17-20,34H2,1-5H3,(H,35,39)/t22-,25+,32?/m1/s1. The van der Waals surface area contributed by atoms with Crippen molar-refractivity contribution < 1.29 is 14.6 Å². The molecule has 42 heavy (non-hydrogen) atoms. The van der Waals surface area contributed by atoms with Crippen LogP contribution in [0.4, 0.5) is 5.69 Å². The van der Waals surface area contributed by atoms with Crippen LogP contribution in [0.15, 0.2) is 54.6 Å². The lowest BCUT2D eigenvalue weighted by Crippen LogP contribution is -2.60. The number of aryl methyl sites for hydroxylation is 1. The first-order chi connectivity index (χ1) is 19.9. The third kappa shape index (κ3) is 7.78. The molecule has 2 fully saturated rings. The van der Waals surface area contributed by atoms with Gasteiger partial charge in [0.25, 0.3) is 5.91 Å². The molecule has 2 saturated heterocycles. The van der Waals surface area contributed by atoms with Crippen molar-refractivity contribution in [3.8, 4) is 10.4 Å². The number of carbonyl (C=O) groups is 1. The molecule has 3 aromatic rings. The van der Waals surface area contributed by atoms with Gasteiger partial charge in [0, 0.05) is 59.8 Å². The highest BCUT2D eigenvalue weighted by Crippen LogP contribution is 2.31. The molecule has 2 aliphatic rings. The molecule has 2 aromatic carbocycles. The van der Waals surface area contributed by atoms with Crippen molar-refractivity contribution in [2.24, 2.45) is 5.73 Å². The number of benzene rings is 2. The van der Waals surface area contributed by atoms with Crippen molar-refractivity contribution in [1.29, 1.82) is 0 Å². The summed E-state index contributed by atoms with van der Waals surface area (Å²) in [7, 11) is 0. The molecule has 9 heteroatoms. The van der Waals surface area contributed by atoms with Crippen LogP contribution in [0.3, 0.4) is 0 Å². The van der Waals surface area contributed by atoms with E-state index in [0.29, 0.717) is 24.7 Å². The van der Waals surface area contributed by atoms with E-state index in [1.807, 2.05) is 69.1 Å². The summed E-state index contributed by atoms with van der Waals surface area (Å²) in [5.41, 5.74) is 10.4. The number of amides is 1. The summed E-state index contributed by atoms with van der Waals surface area (Å²) < 4.78 is 5.64. The Bertz CT molecular complexity index is 1380. The van der Waals surface area contributed by atoms with E-state index < -0.39 is 12.0 Å². The van der Waals surface area contributed by atoms with Crippen LogP contribution in [0.2, 0.25) is 0 Å². The van der Waals surface area contributed by atoms with Crippen molar-refractivity contribution in [2.45, 2.75) is 77.7 Å². The molecule has 3 heterocycles. The number of rotatable bonds is 10. The Morgan fingerprint density at radius 3 is 2.64 bits per heavy atom. The van der Waals surface area contributed by atoms with E-state index in [1.54, 1.807) is 0 Å². The van der Waals surface area contributed by atoms with Crippen LogP contribution in [0, 0.1) is 6.92 Å². The smallest absolute Gasteiger partial charge is 0.252 e. The molecule has 0 aliphatic carbocycles. The predicted molar refractivity (Wildman–Crippen MR) is 171 cm³/mol. The summed E-state index contributed by atoms with van der Waals surface area (Å²) in [6, 6.07) is 19.1. The lowest BCUT2D eigenvalue weighted by Gasteiger charge is -2.43. The average Bonchev–Trinajstić information content (AvgIpc) is 3.54. The van der Waals surface area contributed by atoms with Gasteiger partial charge in [-0.15, -0.1) is 11.3 Å². The first-order valence-electron chi connectivity index (χ1n) is 14.9. The van der Waals surface area contributed by atoms with Gasteiger partial charge in [-0.2, -0.15) is 0 Å². The summed E-state index contributed by atoms with van der Waals surface area (Å²) in [6.07, 6.45) is 0.154. The van der Waals surface area contributed by atoms with E-state index in [2.05, 4.69) is 51.9 Å². The van der Waals surface area contributed by atoms with Crippen molar-refractivity contribution in [2.75, 3.05) is 31.5 Å². The number of thiophene rings is 1. The number of hydrogen-bond acceptors (Lipinski definition) is 8. The van der Waals surface area contributed by atoms with Crippen molar-refractivity contribution in [1.82, 2.24) is 15.1 Å². The minimum absolute atomic E-state index is 0.0967. The van der Waals surface area contributed by atoms with Gasteiger partial charge < -0.3 is 26.2 Å². The van der Waals surface area contributed by atoms with Crippen LogP contribution >= 0.6 is 11.3 Å². The summed E-state index contributed by atoms with van der Waals surface area (Å²) in [5.74, 6) is -0.0967. The van der Waals surface area contributed by atoms with Crippen LogP contribution in [-0.2, 0) is 11.3 Å². The van der Waals surface area contributed by atoms with Gasteiger partial charge in [-0.3, -0.25) is 14.6 Å². The second kappa shape index (κ2) is 12.8. The zero-order valence-corrected chi connectivity index (χ0v) is 26.2. The fourth-order valence-electron chi connectivity index (χ4n) is 5.53. The number of nitrogens with two attached hydrogens (primary N) is 1. The summed E-state index contributed by atoms with van der Waals surface area (Å²) in [6.45, 7) is 14.1. The van der Waals surface area contributed by atoms with Gasteiger partial charge in [-0.05, 0) is 88.1 Å². The molecular formula is C33H45N5O3S. The number of likely N-dealkylation sites (tertiary alicyclic amines) is 2. The van der Waals surface area contributed by atoms with Crippen LogP contribution in [0.5, 0.6) is 0 Å². The van der Waals surface area contributed by atoms with Gasteiger partial charge in [0.05, 0.1) is 17.7 Å². The number of nitrogens with one attached hydrogen (secondary N) is 2. The number of nitrogens with zero attached hydrogens (tertiary/aromatic N) is 2. The second-order valence-corrected chi connectivity index (χ2v) is 13.9. The van der Waals surface area contributed by atoms with Gasteiger partial charge in [-0.25, -0.2) is 0 Å². The van der Waals surface area contributed by atoms with E-state index >= 15 is 0 Å². The maximum atomic E-state index is 13.4. The highest BCUT2D eigenvalue weighted by atomic mass is 32.1. The van der Waals surface area contributed by atoms with E-state index in [-0.39, 0.29) is 18.0 Å². The molecule has 5 N–H and O–H groups in total. The Labute approximate surface area is 253 Å². The van der Waals surface area contributed by atoms with E-state index in [1.165, 1.54) is 9.75 Å². The van der Waals surface area contributed by atoms with Crippen LogP contribution in [-0.4, -0.2) is 71.1 Å². The molecule has 0 bridgehead atoms. The highest BCUT2D eigenvalue weighted by Gasteiger charge is 2.34. The molecule has 1 aromatic heterocycles. The number of anilines is 1. The van der Waals surface area contributed by atoms with Crippen LogP contribution in [0.25, 0.3) is 10.4 Å². The molecule has 0 spiro atoms. The Morgan fingerprint density at radius 2 is 1.93 bits per heavy atom. The molecule has 2 aliphatic heterocycles. The Balaban J connectivity index is 1.18. The van der Waals surface area contributed by atoms with Gasteiger partial charge >= 0.3 is 0 Å². The van der Waals surface area contributed by atoms with E-state index in [0.717, 1.165) is 48.4 Å². The molecule has 1 unspecified atom stereocenters. The van der Waals surface area contributed by atoms with Gasteiger partial charge in [0.2, 0.25) is 6.41 Å². The fraction of sp³-hybridized carbons (Fsp3) is 0.485. The molecule has 8 nitrogen and oxygen atoms in total. The maximum Gasteiger partial charge on any atom is 0.252 e. The Kier molecular flexibility index (Phi) is 9.37. The Hall–Kier alpha value is -2.79. The van der Waals surface area contributed by atoms with Crippen molar-refractivity contribution in [3.05, 3.63) is 76.2 Å². The highest BCUT2D eigenvalue weighted by molar-refractivity contribution is 7.15. The maximum absolute atomic E-state index is 13.4. The number of hydrogen-bond donors (Lipinski definition) is 4. The Morgan fingerprint density at radius 1 is 1.14 bits per heavy atom. The second-order valence-electron chi connectivity index (χ2n) is 12.8. The monoisotopic (exact) mass is 591 g/mol. The molecule has 3 atom stereocenters. The van der Waals surface area contributed by atoms with Gasteiger partial charge in [-0.1, -0.05) is 24.3 Å². The minimum Gasteiger partial charge on any atom is -0.380 e. The lowest BCUT2D eigenvalue weighted by molar-refractivity contribution is -0.253. The largest absolute Gasteiger partial charge is 0.380 e. The minimum atomic E-state index is -0.918. The number of carbonyl (C=O) groups excluding carboxylic acids is 1. The van der Waals surface area contributed by atoms with Crippen LogP contribution in [0.1, 0.15) is 66.5 Å². The summed E-state index contributed by atoms with van der Waals surface area (Å²) in [5, 5.41) is 17.0. The third-order valence-electron chi connectivity index (χ3n) is 7.90. The molecule has 226 valence electrons. The molecule has 5 rings (SSSR count). The molecule has 1 amide bonds. The van der Waals surface area contributed by atoms with Crippen molar-refractivity contribution in [3.63, 3.8) is 0 Å². The topological polar surface area (TPSA) is 103 Å². The molecular weight excluding hydrogens is 546 g/mol. The van der Waals surface area contributed by atoms with Crippen molar-refractivity contribution >= 4 is 22.9 Å². The zero-order chi connectivity index (χ0) is 30.0. The van der Waals surface area contributed by atoms with Gasteiger partial charge in [0.1, 0.15) is 0 Å². The number of aliphatic hydroxyl groups excluding tert-OH is 1.